The van der Waals surface area contributed by atoms with Gasteiger partial charge in [0.2, 0.25) is 0 Å². The smallest absolute Gasteiger partial charge is 0.266 e. The predicted molar refractivity (Wildman–Crippen MR) is 109 cm³/mol. The van der Waals surface area contributed by atoms with Crippen LogP contribution in [-0.4, -0.2) is 35.7 Å². The van der Waals surface area contributed by atoms with Crippen LogP contribution in [0.25, 0.3) is 6.08 Å². The topological polar surface area (TPSA) is 41.9 Å². The van der Waals surface area contributed by atoms with Gasteiger partial charge in [0.05, 0.1) is 27.5 Å². The van der Waals surface area contributed by atoms with E-state index in [9.17, 15) is 4.79 Å². The van der Waals surface area contributed by atoms with Crippen molar-refractivity contribution in [1.82, 2.24) is 4.90 Å². The molecule has 3 rings (SSSR count). The molecule has 1 aromatic heterocycles. The molecule has 0 aliphatic carbocycles. The van der Waals surface area contributed by atoms with Crippen molar-refractivity contribution in [2.45, 2.75) is 6.92 Å². The first-order valence-electron chi connectivity index (χ1n) is 7.85. The molecule has 1 aliphatic rings. The first-order valence-corrected chi connectivity index (χ1v) is 10.3. The molecule has 0 bridgehead atoms. The summed E-state index contributed by atoms with van der Waals surface area (Å²) >= 11 is 6.46. The van der Waals surface area contributed by atoms with Crippen molar-refractivity contribution < 1.29 is 9.53 Å². The third-order valence-corrected chi connectivity index (χ3v) is 5.98. The average molecular weight is 437 g/mol. The maximum Gasteiger partial charge on any atom is 0.266 e. The number of benzene rings is 1. The summed E-state index contributed by atoms with van der Waals surface area (Å²) in [5, 5.41) is 0.692. The Morgan fingerprint density at radius 2 is 2.04 bits per heavy atom. The van der Waals surface area contributed by atoms with Crippen LogP contribution in [0.15, 0.2) is 56.1 Å². The van der Waals surface area contributed by atoms with E-state index in [1.54, 1.807) is 16.2 Å². The fraction of sp³-hybridized carbons (Fsp3) is 0.222. The van der Waals surface area contributed by atoms with Crippen LogP contribution < -0.4 is 0 Å². The van der Waals surface area contributed by atoms with Crippen molar-refractivity contribution in [2.75, 3.05) is 19.8 Å². The largest absolute Gasteiger partial charge is 0.380 e. The van der Waals surface area contributed by atoms with Crippen molar-refractivity contribution in [1.29, 1.82) is 0 Å². The molecule has 1 aliphatic heterocycles. The van der Waals surface area contributed by atoms with Gasteiger partial charge in [-0.15, -0.1) is 11.3 Å². The normalized spacial score (nSPS) is 17.8. The third-order valence-electron chi connectivity index (χ3n) is 3.40. The monoisotopic (exact) mass is 436 g/mol. The summed E-state index contributed by atoms with van der Waals surface area (Å²) in [6, 6.07) is 13.6. The summed E-state index contributed by atoms with van der Waals surface area (Å²) in [5.41, 5.74) is 0.833. The first-order chi connectivity index (χ1) is 12.2. The maximum absolute atomic E-state index is 12.8. The Labute approximate surface area is 163 Å². The van der Waals surface area contributed by atoms with Gasteiger partial charge in [-0.25, -0.2) is 4.99 Å². The number of hydrogen-bond acceptors (Lipinski definition) is 5. The van der Waals surface area contributed by atoms with Gasteiger partial charge in [0.1, 0.15) is 0 Å². The number of nitrogens with zero attached hydrogens (tertiary/aromatic N) is 2. The van der Waals surface area contributed by atoms with Gasteiger partial charge < -0.3 is 4.74 Å². The molecule has 1 fully saturated rings. The van der Waals surface area contributed by atoms with Gasteiger partial charge in [0.25, 0.3) is 5.91 Å². The molecule has 0 saturated carbocycles. The van der Waals surface area contributed by atoms with E-state index in [4.69, 9.17) is 4.74 Å². The molecule has 1 amide bonds. The minimum Gasteiger partial charge on any atom is -0.380 e. The van der Waals surface area contributed by atoms with Gasteiger partial charge in [0.15, 0.2) is 5.17 Å². The Hall–Kier alpha value is -1.41. The van der Waals surface area contributed by atoms with Crippen LogP contribution >= 0.6 is 39.0 Å². The van der Waals surface area contributed by atoms with E-state index >= 15 is 0 Å². The van der Waals surface area contributed by atoms with Gasteiger partial charge in [-0.05, 0) is 65.0 Å². The number of amidine groups is 1. The molecule has 2 aromatic rings. The van der Waals surface area contributed by atoms with Crippen molar-refractivity contribution in [3.63, 3.8) is 0 Å². The van der Waals surface area contributed by atoms with E-state index in [0.29, 0.717) is 29.8 Å². The summed E-state index contributed by atoms with van der Waals surface area (Å²) < 4.78 is 6.46. The van der Waals surface area contributed by atoms with Gasteiger partial charge in [-0.1, -0.05) is 18.2 Å². The molecule has 0 atom stereocenters. The van der Waals surface area contributed by atoms with Crippen LogP contribution in [0.5, 0.6) is 0 Å². The predicted octanol–water partition coefficient (Wildman–Crippen LogP) is 5.15. The number of carbonyl (C=O) groups excluding carboxylic acids is 1. The van der Waals surface area contributed by atoms with Crippen LogP contribution in [0.4, 0.5) is 5.69 Å². The van der Waals surface area contributed by atoms with E-state index in [0.717, 1.165) is 14.4 Å². The second-order valence-electron chi connectivity index (χ2n) is 5.14. The number of thioether (sulfide) groups is 1. The van der Waals surface area contributed by atoms with Gasteiger partial charge >= 0.3 is 0 Å². The lowest BCUT2D eigenvalue weighted by Gasteiger charge is -2.15. The lowest BCUT2D eigenvalue weighted by Crippen LogP contribution is -2.32. The van der Waals surface area contributed by atoms with Gasteiger partial charge in [-0.2, -0.15) is 0 Å². The van der Waals surface area contributed by atoms with Crippen LogP contribution in [0.3, 0.4) is 0 Å². The standard InChI is InChI=1S/C18H17BrN2O2S2/c1-2-23-11-10-21-17(22)15(12-14-8-9-16(19)24-14)25-18(21)20-13-6-4-3-5-7-13/h3-9,12H,2,10-11H2,1H3/b15-12-,20-18?. The van der Waals surface area contributed by atoms with Crippen LogP contribution in [-0.2, 0) is 9.53 Å². The average Bonchev–Trinajstić information content (AvgIpc) is 3.14. The van der Waals surface area contributed by atoms with E-state index in [2.05, 4.69) is 20.9 Å². The highest BCUT2D eigenvalue weighted by atomic mass is 79.9. The van der Waals surface area contributed by atoms with E-state index in [1.807, 2.05) is 55.5 Å². The fourth-order valence-electron chi connectivity index (χ4n) is 2.24. The Morgan fingerprint density at radius 1 is 1.24 bits per heavy atom. The molecule has 0 N–H and O–H groups in total. The molecule has 1 aromatic carbocycles. The molecule has 0 spiro atoms. The van der Waals surface area contributed by atoms with Crippen LogP contribution in [0.2, 0.25) is 0 Å². The molecule has 25 heavy (non-hydrogen) atoms. The zero-order valence-corrected chi connectivity index (χ0v) is 16.9. The molecule has 4 nitrogen and oxygen atoms in total. The highest BCUT2D eigenvalue weighted by Gasteiger charge is 2.33. The Bertz CT molecular complexity index is 802. The number of carbonyl (C=O) groups is 1. The summed E-state index contributed by atoms with van der Waals surface area (Å²) in [6.07, 6.45) is 1.92. The van der Waals surface area contributed by atoms with Crippen molar-refractivity contribution in [3.05, 3.63) is 56.0 Å². The first kappa shape index (κ1) is 18.4. The molecule has 0 radical (unpaired) electrons. The fourth-order valence-corrected chi connectivity index (χ4v) is 4.69. The molecular formula is C18H17BrN2O2S2. The minimum absolute atomic E-state index is 0.0242. The van der Waals surface area contributed by atoms with Crippen molar-refractivity contribution >= 4 is 61.9 Å². The summed E-state index contributed by atoms with van der Waals surface area (Å²) in [6.45, 7) is 3.57. The Balaban J connectivity index is 1.87. The molecule has 1 saturated heterocycles. The van der Waals surface area contributed by atoms with Crippen molar-refractivity contribution in [2.24, 2.45) is 4.99 Å². The minimum atomic E-state index is -0.0242. The number of ether oxygens (including phenoxy) is 1. The summed E-state index contributed by atoms with van der Waals surface area (Å²) in [5.74, 6) is -0.0242. The Morgan fingerprint density at radius 3 is 2.72 bits per heavy atom. The van der Waals surface area contributed by atoms with Crippen LogP contribution in [0.1, 0.15) is 11.8 Å². The number of thiophene rings is 1. The SMILES string of the molecule is CCOCCN1C(=O)/C(=C/c2ccc(Br)s2)SC1=Nc1ccccc1. The zero-order chi connectivity index (χ0) is 17.6. The zero-order valence-electron chi connectivity index (χ0n) is 13.6. The van der Waals surface area contributed by atoms with E-state index in [1.165, 1.54) is 11.8 Å². The number of hydrogen-bond donors (Lipinski definition) is 0. The van der Waals surface area contributed by atoms with Crippen LogP contribution in [0, 0.1) is 0 Å². The second-order valence-corrected chi connectivity index (χ2v) is 8.64. The lowest BCUT2D eigenvalue weighted by molar-refractivity contribution is -0.122. The van der Waals surface area contributed by atoms with Gasteiger partial charge in [-0.3, -0.25) is 9.69 Å². The summed E-state index contributed by atoms with van der Waals surface area (Å²) in [4.78, 5) is 20.9. The second kappa shape index (κ2) is 8.80. The van der Waals surface area contributed by atoms with Gasteiger partial charge in [0, 0.05) is 11.5 Å². The molecule has 130 valence electrons. The number of para-hydroxylation sites is 1. The number of amides is 1. The quantitative estimate of drug-likeness (QED) is 0.464. The molecule has 0 unspecified atom stereocenters. The number of rotatable bonds is 6. The highest BCUT2D eigenvalue weighted by Crippen LogP contribution is 2.35. The lowest BCUT2D eigenvalue weighted by atomic mass is 10.3. The van der Waals surface area contributed by atoms with E-state index < -0.39 is 0 Å². The third kappa shape index (κ3) is 4.82. The number of aliphatic imine (C=N–C) groups is 1. The molecular weight excluding hydrogens is 420 g/mol. The highest BCUT2D eigenvalue weighted by molar-refractivity contribution is 9.11. The van der Waals surface area contributed by atoms with E-state index in [-0.39, 0.29) is 5.91 Å². The van der Waals surface area contributed by atoms with Crippen molar-refractivity contribution in [3.8, 4) is 0 Å². The molecule has 2 heterocycles. The molecule has 7 heteroatoms. The summed E-state index contributed by atoms with van der Waals surface area (Å²) in [7, 11) is 0. The maximum atomic E-state index is 12.8. The Kier molecular flexibility index (Phi) is 6.47. The number of halogens is 1.